The molecule has 1 unspecified atom stereocenters. The normalized spacial score (nSPS) is 15.6. The number of ether oxygens (including phenoxy) is 2. The van der Waals surface area contributed by atoms with Gasteiger partial charge in [0.15, 0.2) is 0 Å². The van der Waals surface area contributed by atoms with Gasteiger partial charge in [0.2, 0.25) is 17.6 Å². The molecule has 3 N–H and O–H groups in total. The van der Waals surface area contributed by atoms with E-state index in [4.69, 9.17) is 21.1 Å². The van der Waals surface area contributed by atoms with Crippen molar-refractivity contribution in [2.24, 2.45) is 11.8 Å². The molecule has 4 amide bonds. The van der Waals surface area contributed by atoms with Crippen LogP contribution in [0.2, 0.25) is 5.02 Å². The third-order valence-electron chi connectivity index (χ3n) is 7.51. The summed E-state index contributed by atoms with van der Waals surface area (Å²) in [7, 11) is -3.08. The molecule has 16 heteroatoms. The highest BCUT2D eigenvalue weighted by Crippen LogP contribution is 2.23. The van der Waals surface area contributed by atoms with Crippen LogP contribution in [-0.4, -0.2) is 74.6 Å². The fraction of sp³-hybridized carbons (Fsp3) is 0.394. The molecule has 264 valence electrons. The molecule has 1 aliphatic heterocycles. The third kappa shape index (κ3) is 9.89. The van der Waals surface area contributed by atoms with Crippen LogP contribution in [0.5, 0.6) is 0 Å². The Labute approximate surface area is 289 Å². The maximum atomic E-state index is 13.8. The van der Waals surface area contributed by atoms with Gasteiger partial charge < -0.3 is 25.0 Å². The summed E-state index contributed by atoms with van der Waals surface area (Å²) in [6, 6.07) is 8.43. The lowest BCUT2D eigenvalue weighted by atomic mass is 10.0. The summed E-state index contributed by atoms with van der Waals surface area (Å²) >= 11 is 5.80. The molecule has 1 heterocycles. The van der Waals surface area contributed by atoms with Crippen LogP contribution in [0.1, 0.15) is 68.2 Å². The Morgan fingerprint density at radius 1 is 0.898 bits per heavy atom. The Balaban J connectivity index is 1.74. The molecule has 0 spiro atoms. The Bertz CT molecular complexity index is 1740. The van der Waals surface area contributed by atoms with Gasteiger partial charge in [-0.3, -0.25) is 24.0 Å². The van der Waals surface area contributed by atoms with Crippen molar-refractivity contribution in [2.75, 3.05) is 13.7 Å². The number of halogens is 1. The molecule has 2 aromatic carbocycles. The molecule has 2 aromatic rings. The van der Waals surface area contributed by atoms with Crippen molar-refractivity contribution in [1.29, 1.82) is 0 Å². The van der Waals surface area contributed by atoms with Gasteiger partial charge >= 0.3 is 11.9 Å². The minimum Gasteiger partial charge on any atom is -0.463 e. The molecule has 1 aliphatic rings. The van der Waals surface area contributed by atoms with Crippen LogP contribution >= 0.6 is 11.6 Å². The number of esters is 2. The van der Waals surface area contributed by atoms with E-state index in [0.717, 1.165) is 14.0 Å². The lowest BCUT2D eigenvalue weighted by molar-refractivity contribution is -0.149. The fourth-order valence-electron chi connectivity index (χ4n) is 4.97. The molecule has 0 saturated carbocycles. The Morgan fingerprint density at radius 3 is 1.98 bits per heavy atom. The summed E-state index contributed by atoms with van der Waals surface area (Å²) in [6.07, 6.45) is 0.800. The van der Waals surface area contributed by atoms with E-state index in [1.807, 2.05) is 4.72 Å². The highest BCUT2D eigenvalue weighted by molar-refractivity contribution is 7.90. The van der Waals surface area contributed by atoms with Crippen molar-refractivity contribution >= 4 is 57.2 Å². The summed E-state index contributed by atoms with van der Waals surface area (Å²) < 4.78 is 36.9. The fourth-order valence-corrected chi connectivity index (χ4v) is 6.07. The number of amides is 4. The lowest BCUT2D eigenvalue weighted by Gasteiger charge is -2.31. The van der Waals surface area contributed by atoms with Crippen LogP contribution < -0.4 is 15.4 Å². The van der Waals surface area contributed by atoms with Crippen molar-refractivity contribution in [3.63, 3.8) is 0 Å². The van der Waals surface area contributed by atoms with Crippen LogP contribution in [0, 0.1) is 11.8 Å². The van der Waals surface area contributed by atoms with Crippen LogP contribution in [0.3, 0.4) is 0 Å². The second kappa shape index (κ2) is 16.6. The van der Waals surface area contributed by atoms with E-state index in [2.05, 4.69) is 10.6 Å². The van der Waals surface area contributed by atoms with Gasteiger partial charge in [0.25, 0.3) is 21.8 Å². The summed E-state index contributed by atoms with van der Waals surface area (Å²) in [5.41, 5.74) is 0.0777. The van der Waals surface area contributed by atoms with E-state index in [-0.39, 0.29) is 28.3 Å². The van der Waals surface area contributed by atoms with E-state index in [1.165, 1.54) is 53.4 Å². The number of methoxy groups -OCH3 is 1. The van der Waals surface area contributed by atoms with Gasteiger partial charge in [-0.1, -0.05) is 39.3 Å². The Hall–Kier alpha value is -4.76. The monoisotopic (exact) mass is 718 g/mol. The highest BCUT2D eigenvalue weighted by atomic mass is 35.5. The van der Waals surface area contributed by atoms with E-state index in [9.17, 15) is 37.2 Å². The van der Waals surface area contributed by atoms with Crippen molar-refractivity contribution in [3.8, 4) is 0 Å². The standard InChI is InChI=1S/C33H39ClN4O10S/c1-18(2)26(28(33(44)47-6)48-20(5)39)35-31(42)25-8-7-17-38(25)32(43)27(19(3)4)36-29(40)21-9-11-22(12-10-21)30(41)37-49(45,46)24-15-13-23(34)14-16-24/h9-16,18-19,25,27H,7-8,17H2,1-6H3,(H,35,42)(H,36,40)(H,37,41)/b28-26+/t25-,27?/m0/s1. The predicted octanol–water partition coefficient (Wildman–Crippen LogP) is 2.92. The van der Waals surface area contributed by atoms with Crippen LogP contribution in [0.15, 0.2) is 64.9 Å². The summed E-state index contributed by atoms with van der Waals surface area (Å²) in [6.45, 7) is 8.13. The minimum atomic E-state index is -4.18. The molecule has 0 aromatic heterocycles. The second-order valence-corrected chi connectivity index (χ2v) is 13.9. The van der Waals surface area contributed by atoms with Gasteiger partial charge in [0.1, 0.15) is 12.1 Å². The van der Waals surface area contributed by atoms with Crippen molar-refractivity contribution in [3.05, 3.63) is 76.1 Å². The minimum absolute atomic E-state index is 0.0137. The van der Waals surface area contributed by atoms with Crippen LogP contribution in [0.4, 0.5) is 0 Å². The van der Waals surface area contributed by atoms with E-state index in [1.54, 1.807) is 27.7 Å². The molecule has 2 atom stereocenters. The van der Waals surface area contributed by atoms with Gasteiger partial charge in [-0.25, -0.2) is 17.9 Å². The highest BCUT2D eigenvalue weighted by Gasteiger charge is 2.39. The zero-order chi connectivity index (χ0) is 36.6. The molecule has 49 heavy (non-hydrogen) atoms. The second-order valence-electron chi connectivity index (χ2n) is 11.8. The molecule has 0 radical (unpaired) electrons. The van der Waals surface area contributed by atoms with E-state index >= 15 is 0 Å². The van der Waals surface area contributed by atoms with Crippen molar-refractivity contribution in [2.45, 2.75) is 64.4 Å². The van der Waals surface area contributed by atoms with Crippen LogP contribution in [-0.2, 0) is 38.7 Å². The van der Waals surface area contributed by atoms with Crippen LogP contribution in [0.25, 0.3) is 0 Å². The molecule has 0 bridgehead atoms. The van der Waals surface area contributed by atoms with Gasteiger partial charge in [-0.2, -0.15) is 0 Å². The zero-order valence-corrected chi connectivity index (χ0v) is 29.4. The van der Waals surface area contributed by atoms with Crippen molar-refractivity contribution < 1.29 is 46.7 Å². The maximum absolute atomic E-state index is 13.8. The summed E-state index contributed by atoms with van der Waals surface area (Å²) in [5.74, 6) is -5.76. The summed E-state index contributed by atoms with van der Waals surface area (Å²) in [4.78, 5) is 78.4. The largest absolute Gasteiger partial charge is 0.463 e. The molecular formula is C33H39ClN4O10S. The predicted molar refractivity (Wildman–Crippen MR) is 177 cm³/mol. The number of likely N-dealkylation sites (tertiary alicyclic amines) is 1. The quantitative estimate of drug-likeness (QED) is 0.167. The van der Waals surface area contributed by atoms with Gasteiger partial charge in [0, 0.05) is 29.6 Å². The van der Waals surface area contributed by atoms with Gasteiger partial charge in [0.05, 0.1) is 17.7 Å². The molecule has 0 aliphatic carbocycles. The number of nitrogens with one attached hydrogen (secondary N) is 3. The number of allylic oxidation sites excluding steroid dienone is 1. The molecular weight excluding hydrogens is 680 g/mol. The topological polar surface area (TPSA) is 194 Å². The third-order valence-corrected chi connectivity index (χ3v) is 9.11. The number of carbonyl (C=O) groups excluding carboxylic acids is 6. The Morgan fingerprint density at radius 2 is 1.47 bits per heavy atom. The maximum Gasteiger partial charge on any atom is 0.375 e. The first kappa shape index (κ1) is 38.7. The number of sulfonamides is 1. The number of hydrogen-bond acceptors (Lipinski definition) is 10. The number of hydrogen-bond donors (Lipinski definition) is 3. The average Bonchev–Trinajstić information content (AvgIpc) is 3.54. The molecule has 3 rings (SSSR count). The SMILES string of the molecule is COC(=O)/C(OC(C)=O)=C(\NC(=O)[C@@H]1CCCN1C(=O)C(NC(=O)c1ccc(C(=O)NS(=O)(=O)c2ccc(Cl)cc2)cc1)C(C)C)C(C)C. The van der Waals surface area contributed by atoms with E-state index in [0.29, 0.717) is 17.9 Å². The van der Waals surface area contributed by atoms with Gasteiger partial charge in [-0.05, 0) is 73.2 Å². The van der Waals surface area contributed by atoms with Crippen molar-refractivity contribution in [1.82, 2.24) is 20.3 Å². The Kier molecular flexibility index (Phi) is 13.1. The lowest BCUT2D eigenvalue weighted by Crippen LogP contribution is -2.55. The first-order valence-corrected chi connectivity index (χ1v) is 17.2. The number of nitrogens with zero attached hydrogens (tertiary/aromatic N) is 1. The number of carbonyl (C=O) groups is 6. The van der Waals surface area contributed by atoms with Gasteiger partial charge in [-0.15, -0.1) is 0 Å². The molecule has 1 fully saturated rings. The number of benzene rings is 2. The zero-order valence-electron chi connectivity index (χ0n) is 27.9. The summed E-state index contributed by atoms with van der Waals surface area (Å²) in [5, 5.41) is 5.68. The molecule has 1 saturated heterocycles. The number of rotatable bonds is 12. The first-order chi connectivity index (χ1) is 23.0. The average molecular weight is 719 g/mol. The smallest absolute Gasteiger partial charge is 0.375 e. The first-order valence-electron chi connectivity index (χ1n) is 15.3. The van der Waals surface area contributed by atoms with E-state index < -0.39 is 75.3 Å². The molecule has 14 nitrogen and oxygen atoms in total.